The lowest BCUT2D eigenvalue weighted by atomic mass is 10.0. The zero-order valence-electron chi connectivity index (χ0n) is 9.57. The van der Waals surface area contributed by atoms with Crippen molar-refractivity contribution >= 4 is 20.6 Å². The van der Waals surface area contributed by atoms with Crippen molar-refractivity contribution in [3.63, 3.8) is 0 Å². The average Bonchev–Trinajstić information content (AvgIpc) is 2.41. The maximum Gasteiger partial charge on any atom is 0.109 e. The van der Waals surface area contributed by atoms with Crippen LogP contribution in [0.3, 0.4) is 0 Å². The van der Waals surface area contributed by atoms with Crippen LogP contribution in [0.15, 0.2) is 60.7 Å². The fourth-order valence-corrected chi connectivity index (χ4v) is 1.58. The van der Waals surface area contributed by atoms with Crippen molar-refractivity contribution in [2.24, 2.45) is 0 Å². The van der Waals surface area contributed by atoms with Crippen LogP contribution in [0.5, 0.6) is 0 Å². The third-order valence-corrected chi connectivity index (χ3v) is 2.39. The number of rotatable bonds is 3. The smallest absolute Gasteiger partial charge is 0.109 e. The summed E-state index contributed by atoms with van der Waals surface area (Å²) < 4.78 is 0. The molecule has 2 heteroatoms. The molecule has 0 N–H and O–H groups in total. The van der Waals surface area contributed by atoms with Crippen molar-refractivity contribution in [3.05, 3.63) is 71.8 Å². The minimum atomic E-state index is 0.778. The zero-order valence-corrected chi connectivity index (χ0v) is 12.3. The van der Waals surface area contributed by atoms with Gasteiger partial charge in [-0.15, -0.1) is 0 Å². The van der Waals surface area contributed by atoms with Gasteiger partial charge in [0.25, 0.3) is 0 Å². The number of aryl methyl sites for hydroxylation is 2. The van der Waals surface area contributed by atoms with Crippen molar-refractivity contribution in [2.75, 3.05) is 0 Å². The van der Waals surface area contributed by atoms with E-state index in [2.05, 4.69) is 60.7 Å². The minimum absolute atomic E-state index is 0.778. The molecule has 0 unspecified atom stereocenters. The molecule has 0 aliphatic heterocycles. The molecule has 0 saturated carbocycles. The summed E-state index contributed by atoms with van der Waals surface area (Å²) in [7, 11) is 0.778. The normalized spacial score (nSPS) is 9.31. The van der Waals surface area contributed by atoms with E-state index in [1.807, 2.05) is 0 Å². The van der Waals surface area contributed by atoms with Crippen LogP contribution in [0.2, 0.25) is 0 Å². The van der Waals surface area contributed by atoms with E-state index in [1.54, 1.807) is 0 Å². The fourth-order valence-electron chi connectivity index (χ4n) is 1.58. The lowest BCUT2D eigenvalue weighted by Gasteiger charge is -2.01. The van der Waals surface area contributed by atoms with Gasteiger partial charge in [-0.05, 0) is 24.0 Å². The third-order valence-electron chi connectivity index (χ3n) is 2.39. The van der Waals surface area contributed by atoms with Crippen LogP contribution >= 0.6 is 11.1 Å². The molecule has 0 heterocycles. The molecule has 0 fully saturated rings. The van der Waals surface area contributed by atoms with E-state index in [0.717, 1.165) is 22.4 Å². The van der Waals surface area contributed by atoms with Crippen molar-refractivity contribution in [1.82, 2.24) is 0 Å². The summed E-state index contributed by atoms with van der Waals surface area (Å²) in [5, 5.41) is 0. The lowest BCUT2D eigenvalue weighted by Crippen LogP contribution is -1.89. The van der Waals surface area contributed by atoms with Crippen molar-refractivity contribution in [1.29, 1.82) is 0 Å². The highest BCUT2D eigenvalue weighted by atomic mass is 35.6. The van der Waals surface area contributed by atoms with Gasteiger partial charge in [0.05, 0.1) is 0 Å². The van der Waals surface area contributed by atoms with Crippen molar-refractivity contribution in [3.8, 4) is 0 Å². The second kappa shape index (κ2) is 8.14. The van der Waals surface area contributed by atoms with E-state index >= 15 is 0 Å². The summed E-state index contributed by atoms with van der Waals surface area (Å²) in [4.78, 5) is 0. The largest absolute Gasteiger partial charge is 0.181 e. The molecule has 0 radical (unpaired) electrons. The van der Waals surface area contributed by atoms with Gasteiger partial charge in [-0.3, -0.25) is 0 Å². The van der Waals surface area contributed by atoms with E-state index in [4.69, 9.17) is 11.1 Å². The van der Waals surface area contributed by atoms with Gasteiger partial charge in [-0.2, -0.15) is 11.1 Å². The Morgan fingerprint density at radius 2 is 0.938 bits per heavy atom. The third kappa shape index (κ3) is 4.64. The molecule has 0 aliphatic rings. The summed E-state index contributed by atoms with van der Waals surface area (Å²) in [6.07, 6.45) is 2.26. The van der Waals surface area contributed by atoms with E-state index in [9.17, 15) is 0 Å². The molecule has 0 spiro atoms. The van der Waals surface area contributed by atoms with E-state index < -0.39 is 0 Å². The summed E-state index contributed by atoms with van der Waals surface area (Å²) in [5.74, 6) is 0. The van der Waals surface area contributed by atoms with Gasteiger partial charge in [-0.1, -0.05) is 60.7 Å². The first kappa shape index (κ1) is 13.0. The molecule has 2 aromatic carbocycles. The Kier molecular flexibility index (Phi) is 6.62. The van der Waals surface area contributed by atoms with Gasteiger partial charge in [0.2, 0.25) is 0 Å². The summed E-state index contributed by atoms with van der Waals surface area (Å²) in [5.41, 5.74) is 2.83. The van der Waals surface area contributed by atoms with Crippen molar-refractivity contribution in [2.45, 2.75) is 12.8 Å². The second-order valence-electron chi connectivity index (χ2n) is 3.47. The maximum atomic E-state index is 4.78. The van der Waals surface area contributed by atoms with Crippen LogP contribution < -0.4 is 0 Å². The molecule has 0 aliphatic carbocycles. The van der Waals surface area contributed by atoms with Gasteiger partial charge in [0, 0.05) is 0 Å². The highest BCUT2D eigenvalue weighted by molar-refractivity contribution is 6.80. The molecule has 2 aromatic rings. The molecule has 0 aromatic heterocycles. The molecule has 84 valence electrons. The van der Waals surface area contributed by atoms with Gasteiger partial charge in [-0.25, -0.2) is 0 Å². The lowest BCUT2D eigenvalue weighted by molar-refractivity contribution is 0.960. The van der Waals surface area contributed by atoms with Crippen LogP contribution in [0.25, 0.3) is 0 Å². The minimum Gasteiger partial charge on any atom is -0.181 e. The highest BCUT2D eigenvalue weighted by Gasteiger charge is 1.93. The van der Waals surface area contributed by atoms with E-state index in [1.165, 1.54) is 11.1 Å². The Morgan fingerprint density at radius 1 is 0.625 bits per heavy atom. The second-order valence-corrected chi connectivity index (χ2v) is 3.47. The number of halogens is 1. The molecule has 2 rings (SSSR count). The van der Waals surface area contributed by atoms with Gasteiger partial charge >= 0.3 is 0 Å². The summed E-state index contributed by atoms with van der Waals surface area (Å²) in [6.45, 7) is 0. The highest BCUT2D eigenvalue weighted by Crippen LogP contribution is 2.06. The van der Waals surface area contributed by atoms with Crippen LogP contribution in [-0.4, -0.2) is 9.55 Å². The summed E-state index contributed by atoms with van der Waals surface area (Å²) >= 11 is 4.78. The van der Waals surface area contributed by atoms with Crippen LogP contribution in [-0.2, 0) is 12.8 Å². The zero-order chi connectivity index (χ0) is 11.6. The van der Waals surface area contributed by atoms with Gasteiger partial charge in [0.1, 0.15) is 9.55 Å². The van der Waals surface area contributed by atoms with Crippen LogP contribution in [0.4, 0.5) is 0 Å². The average molecular weight is 249 g/mol. The van der Waals surface area contributed by atoms with E-state index in [-0.39, 0.29) is 0 Å². The Labute approximate surface area is 105 Å². The summed E-state index contributed by atoms with van der Waals surface area (Å²) in [6, 6.07) is 21.2. The first-order valence-electron chi connectivity index (χ1n) is 5.41. The standard InChI is InChI=1S/C14H14.ClH3Si/c1-3-7-13(8-4-1)11-12-14-9-5-2-6-10-14;1-2/h1-10H,11-12H2;2H3. The molecule has 16 heavy (non-hydrogen) atoms. The molecular weight excluding hydrogens is 232 g/mol. The molecule has 0 atom stereocenters. The number of hydrogen-bond donors (Lipinski definition) is 0. The molecule has 0 saturated heterocycles. The first-order valence-corrected chi connectivity index (χ1v) is 8.43. The molecule has 0 nitrogen and oxygen atoms in total. The molecule has 0 amide bonds. The first-order chi connectivity index (χ1) is 7.95. The maximum absolute atomic E-state index is 4.78. The SMILES string of the molecule is [SiH3]Cl.c1ccc(CCc2ccccc2)cc1. The Morgan fingerprint density at radius 3 is 1.25 bits per heavy atom. The quantitative estimate of drug-likeness (QED) is 0.579. The Balaban J connectivity index is 0.000000606. The predicted octanol–water partition coefficient (Wildman–Crippen LogP) is 2.98. The van der Waals surface area contributed by atoms with Gasteiger partial charge in [0.15, 0.2) is 0 Å². The molecule has 0 bridgehead atoms. The molecular formula is C14H17ClSi. The Hall–Kier alpha value is -1.05. The van der Waals surface area contributed by atoms with Crippen LogP contribution in [0.1, 0.15) is 11.1 Å². The predicted molar refractivity (Wildman–Crippen MR) is 76.1 cm³/mol. The topological polar surface area (TPSA) is 0 Å². The van der Waals surface area contributed by atoms with Crippen LogP contribution in [0, 0.1) is 0 Å². The van der Waals surface area contributed by atoms with E-state index in [0.29, 0.717) is 0 Å². The Bertz CT molecular complexity index is 333. The number of hydrogen-bond acceptors (Lipinski definition) is 0. The fraction of sp³-hybridized carbons (Fsp3) is 0.143. The number of benzene rings is 2. The van der Waals surface area contributed by atoms with Crippen molar-refractivity contribution < 1.29 is 0 Å². The monoisotopic (exact) mass is 248 g/mol. The van der Waals surface area contributed by atoms with Gasteiger partial charge < -0.3 is 0 Å².